The van der Waals surface area contributed by atoms with E-state index in [0.717, 1.165) is 0 Å². The maximum atomic E-state index is 13.3. The van der Waals surface area contributed by atoms with Crippen LogP contribution in [-0.2, 0) is 0 Å². The zero-order chi connectivity index (χ0) is 15.7. The van der Waals surface area contributed by atoms with E-state index >= 15 is 0 Å². The van der Waals surface area contributed by atoms with Crippen LogP contribution in [0.2, 0.25) is 0 Å². The van der Waals surface area contributed by atoms with Gasteiger partial charge < -0.3 is 10.3 Å². The van der Waals surface area contributed by atoms with Gasteiger partial charge in [0.25, 0.3) is 5.91 Å². The molecule has 0 aliphatic carbocycles. The highest BCUT2D eigenvalue weighted by molar-refractivity contribution is 6.12. The topological polar surface area (TPSA) is 62.0 Å². The van der Waals surface area contributed by atoms with Gasteiger partial charge in [-0.05, 0) is 49.4 Å². The van der Waals surface area contributed by atoms with Crippen LogP contribution in [0.4, 0.5) is 10.1 Å². The quantitative estimate of drug-likeness (QED) is 0.723. The fraction of sp³-hybridized carbons (Fsp3) is 0.0588. The summed E-state index contributed by atoms with van der Waals surface area (Å²) in [5.74, 6) is -0.774. The summed E-state index contributed by atoms with van der Waals surface area (Å²) in [6, 6.07) is 10.8. The molecule has 3 aromatic rings. The molecular formula is C17H13FN2O2. The Morgan fingerprint density at radius 1 is 1.09 bits per heavy atom. The van der Waals surface area contributed by atoms with E-state index in [-0.39, 0.29) is 11.7 Å². The molecule has 5 heteroatoms. The summed E-state index contributed by atoms with van der Waals surface area (Å²) >= 11 is 0. The van der Waals surface area contributed by atoms with E-state index in [1.54, 1.807) is 36.5 Å². The van der Waals surface area contributed by atoms with Gasteiger partial charge in [-0.3, -0.25) is 9.59 Å². The van der Waals surface area contributed by atoms with Gasteiger partial charge in [-0.2, -0.15) is 0 Å². The highest BCUT2D eigenvalue weighted by Crippen LogP contribution is 2.21. The third-order valence-electron chi connectivity index (χ3n) is 3.44. The van der Waals surface area contributed by atoms with Crippen molar-refractivity contribution in [2.24, 2.45) is 0 Å². The Labute approximate surface area is 126 Å². The van der Waals surface area contributed by atoms with Crippen molar-refractivity contribution < 1.29 is 14.0 Å². The average molecular weight is 296 g/mol. The number of aromatic amines is 1. The molecule has 2 aromatic carbocycles. The van der Waals surface area contributed by atoms with Crippen molar-refractivity contribution in [2.75, 3.05) is 5.32 Å². The molecule has 1 heterocycles. The lowest BCUT2D eigenvalue weighted by atomic mass is 10.1. The molecular weight excluding hydrogens is 283 g/mol. The second-order valence-electron chi connectivity index (χ2n) is 4.98. The molecule has 0 aliphatic heterocycles. The summed E-state index contributed by atoms with van der Waals surface area (Å²) in [4.78, 5) is 26.4. The molecule has 0 atom stereocenters. The van der Waals surface area contributed by atoms with Gasteiger partial charge in [0.2, 0.25) is 0 Å². The molecule has 0 aliphatic rings. The van der Waals surface area contributed by atoms with Crippen LogP contribution in [-0.4, -0.2) is 16.7 Å². The molecule has 1 aromatic heterocycles. The Hall–Kier alpha value is -2.95. The summed E-state index contributed by atoms with van der Waals surface area (Å²) in [6.07, 6.45) is 1.55. The number of hydrogen-bond acceptors (Lipinski definition) is 2. The van der Waals surface area contributed by atoms with Crippen LogP contribution in [0.15, 0.2) is 48.7 Å². The van der Waals surface area contributed by atoms with Crippen LogP contribution >= 0.6 is 0 Å². The normalized spacial score (nSPS) is 10.6. The molecule has 1 amide bonds. The number of H-pyrrole nitrogens is 1. The number of benzene rings is 2. The molecule has 22 heavy (non-hydrogen) atoms. The molecule has 0 bridgehead atoms. The molecule has 0 saturated heterocycles. The van der Waals surface area contributed by atoms with Crippen molar-refractivity contribution in [3.63, 3.8) is 0 Å². The van der Waals surface area contributed by atoms with Gasteiger partial charge >= 0.3 is 0 Å². The summed E-state index contributed by atoms with van der Waals surface area (Å²) in [6.45, 7) is 1.48. The fourth-order valence-corrected chi connectivity index (χ4v) is 2.27. The second kappa shape index (κ2) is 5.44. The number of hydrogen-bond donors (Lipinski definition) is 2. The first kappa shape index (κ1) is 14.0. The lowest BCUT2D eigenvalue weighted by Crippen LogP contribution is -2.11. The van der Waals surface area contributed by atoms with E-state index in [4.69, 9.17) is 0 Å². The molecule has 0 unspecified atom stereocenters. The minimum atomic E-state index is -0.396. The number of amides is 1. The highest BCUT2D eigenvalue weighted by atomic mass is 19.1. The zero-order valence-corrected chi connectivity index (χ0v) is 11.8. The third kappa shape index (κ3) is 2.61. The highest BCUT2D eigenvalue weighted by Gasteiger charge is 2.13. The first-order valence-corrected chi connectivity index (χ1v) is 6.73. The number of carbonyl (C=O) groups excluding carboxylic acids is 2. The number of anilines is 1. The smallest absolute Gasteiger partial charge is 0.257 e. The number of rotatable bonds is 3. The van der Waals surface area contributed by atoms with E-state index in [1.807, 2.05) is 0 Å². The maximum absolute atomic E-state index is 13.3. The zero-order valence-electron chi connectivity index (χ0n) is 11.8. The minimum absolute atomic E-state index is 0.0371. The first-order valence-electron chi connectivity index (χ1n) is 6.73. The molecule has 110 valence electrons. The second-order valence-corrected chi connectivity index (χ2v) is 4.98. The third-order valence-corrected chi connectivity index (χ3v) is 3.44. The van der Waals surface area contributed by atoms with Crippen LogP contribution in [0.25, 0.3) is 10.9 Å². The lowest BCUT2D eigenvalue weighted by molar-refractivity contribution is 0.101. The molecule has 2 N–H and O–H groups in total. The number of carbonyl (C=O) groups is 2. The van der Waals surface area contributed by atoms with Crippen molar-refractivity contribution in [1.82, 2.24) is 4.98 Å². The Morgan fingerprint density at radius 2 is 1.82 bits per heavy atom. The summed E-state index contributed by atoms with van der Waals surface area (Å²) in [5.41, 5.74) is 2.21. The Bertz CT molecular complexity index is 866. The summed E-state index contributed by atoms with van der Waals surface area (Å²) < 4.78 is 13.3. The predicted octanol–water partition coefficient (Wildman–Crippen LogP) is 3.76. The number of nitrogens with one attached hydrogen (secondary N) is 2. The van der Waals surface area contributed by atoms with Gasteiger partial charge in [-0.25, -0.2) is 4.39 Å². The first-order chi connectivity index (χ1) is 10.5. The van der Waals surface area contributed by atoms with Gasteiger partial charge in [0.05, 0.1) is 5.56 Å². The summed E-state index contributed by atoms with van der Waals surface area (Å²) in [5, 5.41) is 3.26. The number of halogens is 1. The van der Waals surface area contributed by atoms with E-state index in [2.05, 4.69) is 10.3 Å². The molecule has 3 rings (SSSR count). The SMILES string of the molecule is CC(=O)c1ccc(NC(=O)c2c[nH]c3ccc(F)cc23)cc1. The summed E-state index contributed by atoms with van der Waals surface area (Å²) in [7, 11) is 0. The van der Waals surface area contributed by atoms with Gasteiger partial charge in [-0.1, -0.05) is 0 Å². The fourth-order valence-electron chi connectivity index (χ4n) is 2.27. The van der Waals surface area contributed by atoms with Crippen molar-refractivity contribution in [3.05, 3.63) is 65.6 Å². The largest absolute Gasteiger partial charge is 0.360 e. The van der Waals surface area contributed by atoms with Crippen LogP contribution in [0.1, 0.15) is 27.6 Å². The predicted molar refractivity (Wildman–Crippen MR) is 82.7 cm³/mol. The molecule has 0 saturated carbocycles. The maximum Gasteiger partial charge on any atom is 0.257 e. The number of aromatic nitrogens is 1. The van der Waals surface area contributed by atoms with E-state index in [0.29, 0.717) is 27.7 Å². The molecule has 4 nitrogen and oxygen atoms in total. The molecule has 0 fully saturated rings. The van der Waals surface area contributed by atoms with Gasteiger partial charge in [0.1, 0.15) is 5.82 Å². The number of ketones is 1. The number of Topliss-reactive ketones (excluding diaryl/α,β-unsaturated/α-hetero) is 1. The monoisotopic (exact) mass is 296 g/mol. The van der Waals surface area contributed by atoms with Crippen molar-refractivity contribution >= 4 is 28.3 Å². The van der Waals surface area contributed by atoms with E-state index in [9.17, 15) is 14.0 Å². The van der Waals surface area contributed by atoms with Crippen molar-refractivity contribution in [3.8, 4) is 0 Å². The van der Waals surface area contributed by atoms with Crippen LogP contribution in [0, 0.1) is 5.82 Å². The van der Waals surface area contributed by atoms with E-state index in [1.165, 1.54) is 19.1 Å². The van der Waals surface area contributed by atoms with Crippen molar-refractivity contribution in [2.45, 2.75) is 6.92 Å². The Kier molecular flexibility index (Phi) is 3.47. The van der Waals surface area contributed by atoms with E-state index < -0.39 is 5.82 Å². The average Bonchev–Trinajstić information content (AvgIpc) is 2.90. The molecule has 0 spiro atoms. The lowest BCUT2D eigenvalue weighted by Gasteiger charge is -2.05. The standard InChI is InChI=1S/C17H13FN2O2/c1-10(21)11-2-5-13(6-3-11)20-17(22)15-9-19-16-7-4-12(18)8-14(15)16/h2-9,19H,1H3,(H,20,22). The minimum Gasteiger partial charge on any atom is -0.360 e. The Morgan fingerprint density at radius 3 is 2.50 bits per heavy atom. The van der Waals surface area contributed by atoms with Gasteiger partial charge in [-0.15, -0.1) is 0 Å². The van der Waals surface area contributed by atoms with Gasteiger partial charge in [0.15, 0.2) is 5.78 Å². The van der Waals surface area contributed by atoms with Crippen LogP contribution < -0.4 is 5.32 Å². The molecule has 0 radical (unpaired) electrons. The Balaban J connectivity index is 1.87. The van der Waals surface area contributed by atoms with Gasteiger partial charge in [0, 0.05) is 28.4 Å². The van der Waals surface area contributed by atoms with Crippen molar-refractivity contribution in [1.29, 1.82) is 0 Å². The van der Waals surface area contributed by atoms with Crippen LogP contribution in [0.3, 0.4) is 0 Å². The number of fused-ring (bicyclic) bond motifs is 1. The van der Waals surface area contributed by atoms with Crippen LogP contribution in [0.5, 0.6) is 0 Å².